The Balaban J connectivity index is 1.67. The van der Waals surface area contributed by atoms with E-state index in [0.717, 1.165) is 35.6 Å². The number of methoxy groups -OCH3 is 1. The van der Waals surface area contributed by atoms with Crippen LogP contribution in [0.4, 0.5) is 11.4 Å². The Kier molecular flexibility index (Phi) is 7.33. The topological polar surface area (TPSA) is 48.6 Å². The Morgan fingerprint density at radius 1 is 1.00 bits per heavy atom. The van der Waals surface area contributed by atoms with E-state index >= 15 is 0 Å². The normalized spacial score (nSPS) is 17.7. The highest BCUT2D eigenvalue weighted by atomic mass is 16.5. The van der Waals surface area contributed by atoms with Crippen molar-refractivity contribution in [2.75, 3.05) is 31.3 Å². The SMILES string of the molecule is C=C(NC1c2ccccc2NC(c2ccccc2COC)N1C)c1ccccc1NCCC. The highest BCUT2D eigenvalue weighted by Crippen LogP contribution is 2.40. The molecule has 3 aromatic carbocycles. The van der Waals surface area contributed by atoms with Crippen molar-refractivity contribution < 1.29 is 4.74 Å². The van der Waals surface area contributed by atoms with Gasteiger partial charge in [0.05, 0.1) is 6.61 Å². The van der Waals surface area contributed by atoms with Crippen molar-refractivity contribution in [3.05, 3.63) is 102 Å². The van der Waals surface area contributed by atoms with Gasteiger partial charge in [0.25, 0.3) is 0 Å². The van der Waals surface area contributed by atoms with E-state index in [0.29, 0.717) is 6.61 Å². The van der Waals surface area contributed by atoms with Crippen molar-refractivity contribution in [3.8, 4) is 0 Å². The molecule has 2 atom stereocenters. The summed E-state index contributed by atoms with van der Waals surface area (Å²) in [6, 6.07) is 25.3. The third-order valence-electron chi connectivity index (χ3n) is 6.14. The molecule has 5 nitrogen and oxygen atoms in total. The van der Waals surface area contributed by atoms with E-state index in [9.17, 15) is 0 Å². The molecule has 0 amide bonds. The third-order valence-corrected chi connectivity index (χ3v) is 6.14. The van der Waals surface area contributed by atoms with Gasteiger partial charge in [-0.15, -0.1) is 0 Å². The minimum atomic E-state index is -0.0465. The second-order valence-electron chi connectivity index (χ2n) is 8.43. The lowest BCUT2D eigenvalue weighted by Gasteiger charge is -2.43. The van der Waals surface area contributed by atoms with Gasteiger partial charge in [0.1, 0.15) is 12.3 Å². The van der Waals surface area contributed by atoms with E-state index < -0.39 is 0 Å². The summed E-state index contributed by atoms with van der Waals surface area (Å²) >= 11 is 0. The molecule has 5 heteroatoms. The fourth-order valence-electron chi connectivity index (χ4n) is 4.45. The smallest absolute Gasteiger partial charge is 0.109 e. The Labute approximate surface area is 197 Å². The summed E-state index contributed by atoms with van der Waals surface area (Å²) < 4.78 is 5.48. The number of nitrogens with zero attached hydrogens (tertiary/aromatic N) is 1. The minimum Gasteiger partial charge on any atom is -0.385 e. The molecule has 0 aromatic heterocycles. The Bertz CT molecular complexity index is 1100. The molecule has 0 bridgehead atoms. The lowest BCUT2D eigenvalue weighted by atomic mass is 9.98. The van der Waals surface area contributed by atoms with E-state index in [-0.39, 0.29) is 12.3 Å². The summed E-state index contributed by atoms with van der Waals surface area (Å²) in [6.45, 7) is 8.10. The highest BCUT2D eigenvalue weighted by Gasteiger charge is 2.33. The molecule has 3 N–H and O–H groups in total. The predicted molar refractivity (Wildman–Crippen MR) is 138 cm³/mol. The van der Waals surface area contributed by atoms with Gasteiger partial charge in [0, 0.05) is 41.9 Å². The molecule has 1 aliphatic heterocycles. The monoisotopic (exact) mass is 442 g/mol. The van der Waals surface area contributed by atoms with Crippen LogP contribution in [-0.4, -0.2) is 25.6 Å². The summed E-state index contributed by atoms with van der Waals surface area (Å²) in [4.78, 5) is 2.32. The fourth-order valence-corrected chi connectivity index (χ4v) is 4.45. The van der Waals surface area contributed by atoms with E-state index in [1.165, 1.54) is 16.7 Å². The van der Waals surface area contributed by atoms with Crippen LogP contribution >= 0.6 is 0 Å². The fraction of sp³-hybridized carbons (Fsp3) is 0.286. The number of nitrogens with one attached hydrogen (secondary N) is 3. The number of ether oxygens (including phenoxy) is 1. The van der Waals surface area contributed by atoms with Gasteiger partial charge in [-0.05, 0) is 36.7 Å². The second kappa shape index (κ2) is 10.6. The number of hydrogen-bond donors (Lipinski definition) is 3. The van der Waals surface area contributed by atoms with Crippen molar-refractivity contribution in [1.29, 1.82) is 0 Å². The lowest BCUT2D eigenvalue weighted by Crippen LogP contribution is -2.44. The molecule has 1 aliphatic rings. The summed E-state index contributed by atoms with van der Waals surface area (Å²) in [5.74, 6) is 0. The molecule has 0 spiro atoms. The van der Waals surface area contributed by atoms with Crippen LogP contribution in [0.15, 0.2) is 79.4 Å². The van der Waals surface area contributed by atoms with Gasteiger partial charge in [-0.3, -0.25) is 4.90 Å². The molecule has 33 heavy (non-hydrogen) atoms. The number of anilines is 2. The maximum absolute atomic E-state index is 5.48. The third kappa shape index (κ3) is 4.90. The molecule has 0 saturated heterocycles. The lowest BCUT2D eigenvalue weighted by molar-refractivity contribution is 0.157. The van der Waals surface area contributed by atoms with Crippen LogP contribution < -0.4 is 16.0 Å². The quantitative estimate of drug-likeness (QED) is 0.381. The standard InChI is InChI=1S/C28H34N4O/c1-5-18-29-25-16-10-8-13-22(25)20(2)30-28-24-15-9-11-17-26(24)31-27(32(28)3)23-14-7-6-12-21(23)19-33-4/h6-17,27-31H,2,5,18-19H2,1,3-4H3. The number of para-hydroxylation sites is 2. The first kappa shape index (κ1) is 22.9. The number of benzene rings is 3. The van der Waals surface area contributed by atoms with E-state index in [1.54, 1.807) is 7.11 Å². The first-order valence-corrected chi connectivity index (χ1v) is 11.6. The molecule has 2 unspecified atom stereocenters. The van der Waals surface area contributed by atoms with Gasteiger partial charge in [0.15, 0.2) is 0 Å². The van der Waals surface area contributed by atoms with Crippen molar-refractivity contribution in [2.45, 2.75) is 32.3 Å². The van der Waals surface area contributed by atoms with E-state index in [4.69, 9.17) is 4.74 Å². The van der Waals surface area contributed by atoms with E-state index in [2.05, 4.69) is 114 Å². The molecule has 3 aromatic rings. The number of hydrogen-bond acceptors (Lipinski definition) is 5. The van der Waals surface area contributed by atoms with Crippen LogP contribution in [0.2, 0.25) is 0 Å². The molecular weight excluding hydrogens is 408 g/mol. The second-order valence-corrected chi connectivity index (χ2v) is 8.43. The first-order valence-electron chi connectivity index (χ1n) is 11.6. The van der Waals surface area contributed by atoms with Crippen LogP contribution in [0, 0.1) is 0 Å². The summed E-state index contributed by atoms with van der Waals surface area (Å²) in [5, 5.41) is 11.0. The van der Waals surface area contributed by atoms with Crippen molar-refractivity contribution >= 4 is 17.1 Å². The maximum Gasteiger partial charge on any atom is 0.109 e. The van der Waals surface area contributed by atoms with Gasteiger partial charge in [-0.1, -0.05) is 74.2 Å². The molecule has 4 rings (SSSR count). The Morgan fingerprint density at radius 3 is 2.48 bits per heavy atom. The van der Waals surface area contributed by atoms with Crippen molar-refractivity contribution in [3.63, 3.8) is 0 Å². The molecule has 0 aliphatic carbocycles. The average Bonchev–Trinajstić information content (AvgIpc) is 2.85. The Hall–Kier alpha value is -3.28. The van der Waals surface area contributed by atoms with Crippen molar-refractivity contribution in [1.82, 2.24) is 10.2 Å². The zero-order valence-corrected chi connectivity index (χ0v) is 19.8. The summed E-state index contributed by atoms with van der Waals surface area (Å²) in [6.07, 6.45) is 1.01. The molecule has 0 saturated carbocycles. The van der Waals surface area contributed by atoms with Gasteiger partial charge in [0.2, 0.25) is 0 Å². The molecule has 1 heterocycles. The van der Waals surface area contributed by atoms with Crippen LogP contribution in [0.25, 0.3) is 5.70 Å². The minimum absolute atomic E-state index is 0.00925. The molecular formula is C28H34N4O. The molecule has 0 radical (unpaired) electrons. The van der Waals surface area contributed by atoms with Crippen molar-refractivity contribution in [2.24, 2.45) is 0 Å². The zero-order valence-electron chi connectivity index (χ0n) is 19.8. The first-order chi connectivity index (χ1) is 16.1. The highest BCUT2D eigenvalue weighted by molar-refractivity contribution is 5.74. The molecule has 172 valence electrons. The van der Waals surface area contributed by atoms with Crippen LogP contribution in [0.3, 0.4) is 0 Å². The average molecular weight is 443 g/mol. The molecule has 0 fully saturated rings. The summed E-state index contributed by atoms with van der Waals surface area (Å²) in [5.41, 5.74) is 7.78. The maximum atomic E-state index is 5.48. The van der Waals surface area contributed by atoms with Gasteiger partial charge in [-0.25, -0.2) is 0 Å². The van der Waals surface area contributed by atoms with Gasteiger partial charge >= 0.3 is 0 Å². The predicted octanol–water partition coefficient (Wildman–Crippen LogP) is 5.97. The zero-order chi connectivity index (χ0) is 23.2. The van der Waals surface area contributed by atoms with Crippen LogP contribution in [-0.2, 0) is 11.3 Å². The largest absolute Gasteiger partial charge is 0.385 e. The van der Waals surface area contributed by atoms with Crippen LogP contribution in [0.5, 0.6) is 0 Å². The Morgan fingerprint density at radius 2 is 1.70 bits per heavy atom. The van der Waals surface area contributed by atoms with Gasteiger partial charge in [-0.2, -0.15) is 0 Å². The summed E-state index contributed by atoms with van der Waals surface area (Å²) in [7, 11) is 3.88. The number of fused-ring (bicyclic) bond motifs is 1. The van der Waals surface area contributed by atoms with Crippen LogP contribution in [0.1, 0.15) is 47.9 Å². The number of rotatable bonds is 9. The van der Waals surface area contributed by atoms with E-state index in [1.807, 2.05) is 0 Å². The van der Waals surface area contributed by atoms with Gasteiger partial charge < -0.3 is 20.7 Å².